The van der Waals surface area contributed by atoms with Crippen LogP contribution in [-0.2, 0) is 16.2 Å². The largest absolute Gasteiger partial charge is 0.311 e. The lowest BCUT2D eigenvalue weighted by molar-refractivity contribution is 0.590. The second-order valence-electron chi connectivity index (χ2n) is 20.8. The molecule has 2 aliphatic rings. The van der Waals surface area contributed by atoms with Crippen molar-refractivity contribution in [3.63, 3.8) is 0 Å². The van der Waals surface area contributed by atoms with Crippen LogP contribution in [-0.4, -0.2) is 6.71 Å². The Morgan fingerprint density at radius 1 is 0.344 bits per heavy atom. The van der Waals surface area contributed by atoms with Crippen molar-refractivity contribution in [2.45, 2.75) is 78.6 Å². The fraction of sp³-hybridized carbons (Fsp3) is 0.200. The van der Waals surface area contributed by atoms with Crippen molar-refractivity contribution in [2.75, 3.05) is 14.7 Å². The molecule has 0 radical (unpaired) electrons. The van der Waals surface area contributed by atoms with Gasteiger partial charge in [0.2, 0.25) is 0 Å². The molecule has 0 N–H and O–H groups in total. The zero-order valence-electron chi connectivity index (χ0n) is 38.8. The molecule has 10 rings (SSSR count). The molecule has 0 bridgehead atoms. The first-order chi connectivity index (χ1) is 30.6. The highest BCUT2D eigenvalue weighted by Gasteiger charge is 2.43. The van der Waals surface area contributed by atoms with Crippen LogP contribution in [0.5, 0.6) is 0 Å². The molecule has 3 nitrogen and oxygen atoms in total. The van der Waals surface area contributed by atoms with Gasteiger partial charge in [-0.05, 0) is 139 Å². The minimum absolute atomic E-state index is 0.000311. The van der Waals surface area contributed by atoms with Gasteiger partial charge in [-0.2, -0.15) is 0 Å². The Bertz CT molecular complexity index is 2930. The maximum atomic E-state index is 2.52. The fourth-order valence-electron chi connectivity index (χ4n) is 9.78. The summed E-state index contributed by atoms with van der Waals surface area (Å²) in [5.41, 5.74) is 20.9. The van der Waals surface area contributed by atoms with E-state index < -0.39 is 0 Å². The number of hydrogen-bond acceptors (Lipinski definition) is 3. The van der Waals surface area contributed by atoms with Crippen LogP contribution >= 0.6 is 0 Å². The second kappa shape index (κ2) is 15.5. The smallest absolute Gasteiger partial charge is 0.252 e. The van der Waals surface area contributed by atoms with Crippen LogP contribution in [0.4, 0.5) is 51.2 Å². The summed E-state index contributed by atoms with van der Waals surface area (Å²) >= 11 is 0. The van der Waals surface area contributed by atoms with Gasteiger partial charge in [0.05, 0.1) is 0 Å². The molecule has 2 heterocycles. The summed E-state index contributed by atoms with van der Waals surface area (Å²) in [5.74, 6) is 0. The third-order valence-electron chi connectivity index (χ3n) is 13.3. The molecule has 0 unspecified atom stereocenters. The molecule has 0 spiro atoms. The summed E-state index contributed by atoms with van der Waals surface area (Å²) in [7, 11) is 0. The minimum atomic E-state index is -0.000311. The van der Waals surface area contributed by atoms with E-state index in [-0.39, 0.29) is 23.0 Å². The van der Waals surface area contributed by atoms with E-state index in [0.717, 1.165) is 28.4 Å². The van der Waals surface area contributed by atoms with Crippen molar-refractivity contribution in [3.05, 3.63) is 205 Å². The number of para-hydroxylation sites is 2. The number of benzene rings is 8. The minimum Gasteiger partial charge on any atom is -0.311 e. The predicted molar refractivity (Wildman–Crippen MR) is 277 cm³/mol. The highest BCUT2D eigenvalue weighted by atomic mass is 15.2. The van der Waals surface area contributed by atoms with Crippen LogP contribution < -0.4 is 31.1 Å². The molecule has 0 amide bonds. The van der Waals surface area contributed by atoms with Crippen LogP contribution in [0.25, 0.3) is 11.1 Å². The molecule has 0 aromatic heterocycles. The first-order valence-electron chi connectivity index (χ1n) is 22.9. The van der Waals surface area contributed by atoms with E-state index in [0.29, 0.717) is 0 Å². The summed E-state index contributed by atoms with van der Waals surface area (Å²) < 4.78 is 0. The molecule has 0 fully saturated rings. The van der Waals surface area contributed by atoms with Gasteiger partial charge in [0.15, 0.2) is 0 Å². The highest BCUT2D eigenvalue weighted by molar-refractivity contribution is 7.00. The van der Waals surface area contributed by atoms with Crippen LogP contribution in [0.1, 0.15) is 79.0 Å². The molecule has 2 aliphatic heterocycles. The summed E-state index contributed by atoms with van der Waals surface area (Å²) in [4.78, 5) is 7.42. The first-order valence-corrected chi connectivity index (χ1v) is 22.9. The Balaban J connectivity index is 1.22. The van der Waals surface area contributed by atoms with E-state index in [2.05, 4.69) is 265 Å². The Hall–Kier alpha value is -6.78. The van der Waals surface area contributed by atoms with Gasteiger partial charge in [0, 0.05) is 51.2 Å². The van der Waals surface area contributed by atoms with Crippen LogP contribution in [0, 0.1) is 0 Å². The van der Waals surface area contributed by atoms with Gasteiger partial charge in [0.25, 0.3) is 6.71 Å². The summed E-state index contributed by atoms with van der Waals surface area (Å²) in [6, 6.07) is 70.5. The Kier molecular flexibility index (Phi) is 9.98. The van der Waals surface area contributed by atoms with Crippen molar-refractivity contribution in [2.24, 2.45) is 0 Å². The molecule has 0 saturated heterocycles. The molecule has 316 valence electrons. The average molecular weight is 832 g/mol. The molecule has 4 heteroatoms. The van der Waals surface area contributed by atoms with E-state index in [1.54, 1.807) is 0 Å². The lowest BCUT2D eigenvalue weighted by Crippen LogP contribution is -2.61. The standard InChI is InChI=1S/C60H58BN3/c1-58(2,3)43-26-23-41(24-27-43)42-25-37-51-55(39-42)63(48-32-28-44(29-33-48)59(4,5)6)53-21-16-22-54-57(53)61(51)52-38-36-50(62(46-17-12-10-13-18-46)47-19-14-11-15-20-47)40-56(52)64(54)49-34-30-45(31-35-49)60(7,8)9/h10-40H,1-9H3. The summed E-state index contributed by atoms with van der Waals surface area (Å²) in [5, 5.41) is 0. The third-order valence-corrected chi connectivity index (χ3v) is 13.3. The van der Waals surface area contributed by atoms with Gasteiger partial charge < -0.3 is 14.7 Å². The Morgan fingerprint density at radius 2 is 0.750 bits per heavy atom. The van der Waals surface area contributed by atoms with E-state index in [1.165, 1.54) is 67.0 Å². The highest BCUT2D eigenvalue weighted by Crippen LogP contribution is 2.47. The monoisotopic (exact) mass is 831 g/mol. The number of fused-ring (bicyclic) bond motifs is 4. The van der Waals surface area contributed by atoms with E-state index in [1.807, 2.05) is 0 Å². The lowest BCUT2D eigenvalue weighted by Gasteiger charge is -2.44. The van der Waals surface area contributed by atoms with Crippen LogP contribution in [0.2, 0.25) is 0 Å². The topological polar surface area (TPSA) is 9.72 Å². The normalized spacial score (nSPS) is 13.3. The maximum Gasteiger partial charge on any atom is 0.252 e. The molecule has 8 aromatic carbocycles. The number of nitrogens with zero attached hydrogens (tertiary/aromatic N) is 3. The zero-order chi connectivity index (χ0) is 44.5. The number of hydrogen-bond donors (Lipinski definition) is 0. The molecule has 0 atom stereocenters. The van der Waals surface area contributed by atoms with Crippen LogP contribution in [0.15, 0.2) is 188 Å². The van der Waals surface area contributed by atoms with Crippen molar-refractivity contribution in [1.29, 1.82) is 0 Å². The number of rotatable bonds is 6. The van der Waals surface area contributed by atoms with Crippen molar-refractivity contribution in [3.8, 4) is 11.1 Å². The van der Waals surface area contributed by atoms with E-state index in [9.17, 15) is 0 Å². The van der Waals surface area contributed by atoms with Crippen molar-refractivity contribution in [1.82, 2.24) is 0 Å². The van der Waals surface area contributed by atoms with Gasteiger partial charge in [0.1, 0.15) is 0 Å². The Labute approximate surface area is 381 Å². The molecule has 0 saturated carbocycles. The molecular weight excluding hydrogens is 773 g/mol. The molecular formula is C60H58BN3. The van der Waals surface area contributed by atoms with E-state index >= 15 is 0 Å². The van der Waals surface area contributed by atoms with E-state index in [4.69, 9.17) is 0 Å². The maximum absolute atomic E-state index is 2.52. The third kappa shape index (κ3) is 7.29. The lowest BCUT2D eigenvalue weighted by atomic mass is 9.33. The molecule has 64 heavy (non-hydrogen) atoms. The fourth-order valence-corrected chi connectivity index (χ4v) is 9.78. The second-order valence-corrected chi connectivity index (χ2v) is 20.8. The summed E-state index contributed by atoms with van der Waals surface area (Å²) in [6.07, 6.45) is 0. The predicted octanol–water partition coefficient (Wildman–Crippen LogP) is 14.8. The van der Waals surface area contributed by atoms with Crippen molar-refractivity contribution >= 4 is 74.3 Å². The van der Waals surface area contributed by atoms with Gasteiger partial charge >= 0.3 is 0 Å². The van der Waals surface area contributed by atoms with Crippen LogP contribution in [0.3, 0.4) is 0 Å². The van der Waals surface area contributed by atoms with Gasteiger partial charge in [-0.25, -0.2) is 0 Å². The average Bonchev–Trinajstić information content (AvgIpc) is 3.29. The van der Waals surface area contributed by atoms with Gasteiger partial charge in [-0.1, -0.05) is 172 Å². The Morgan fingerprint density at radius 3 is 1.20 bits per heavy atom. The first kappa shape index (κ1) is 41.2. The quantitative estimate of drug-likeness (QED) is 0.155. The zero-order valence-corrected chi connectivity index (χ0v) is 38.8. The molecule has 8 aromatic rings. The number of anilines is 9. The van der Waals surface area contributed by atoms with Gasteiger partial charge in [-0.3, -0.25) is 0 Å². The molecule has 0 aliphatic carbocycles. The summed E-state index contributed by atoms with van der Waals surface area (Å²) in [6.45, 7) is 20.6. The van der Waals surface area contributed by atoms with Crippen molar-refractivity contribution < 1.29 is 0 Å². The SMILES string of the molecule is CC(C)(C)c1ccc(-c2ccc3c(c2)N(c2ccc(C(C)(C)C)cc2)c2cccc4c2B3c2ccc(N(c3ccccc3)c3ccccc3)cc2N4c2ccc(C(C)(C)C)cc2)cc1. The van der Waals surface area contributed by atoms with Gasteiger partial charge in [-0.15, -0.1) is 0 Å².